The molecule has 1 saturated heterocycles. The van der Waals surface area contributed by atoms with Gasteiger partial charge in [0.15, 0.2) is 0 Å². The fourth-order valence-corrected chi connectivity index (χ4v) is 5.62. The van der Waals surface area contributed by atoms with Gasteiger partial charge >= 0.3 is 0 Å². The lowest BCUT2D eigenvalue weighted by Crippen LogP contribution is -2.48. The minimum absolute atomic E-state index is 0.234. The van der Waals surface area contributed by atoms with E-state index in [-0.39, 0.29) is 10.8 Å². The van der Waals surface area contributed by atoms with Gasteiger partial charge in [0, 0.05) is 36.9 Å². The molecule has 0 aliphatic carbocycles. The molecule has 2 aromatic rings. The lowest BCUT2D eigenvalue weighted by Gasteiger charge is -2.36. The largest absolute Gasteiger partial charge is 0.492 e. The molecule has 30 heavy (non-hydrogen) atoms. The predicted octanol–water partition coefficient (Wildman–Crippen LogP) is 4.99. The van der Waals surface area contributed by atoms with Gasteiger partial charge in [-0.2, -0.15) is 4.31 Å². The van der Waals surface area contributed by atoms with Crippen molar-refractivity contribution in [3.05, 3.63) is 52.0 Å². The second-order valence-electron chi connectivity index (χ2n) is 8.07. The zero-order chi connectivity index (χ0) is 22.1. The molecule has 0 radical (unpaired) electrons. The molecule has 5 nitrogen and oxygen atoms in total. The SMILES string of the molecule is CCOc1cc(C)c(C(C)C)cc1S(=O)(=O)N1CCN(c2ccc(C)c(Cl)c2)CC1. The van der Waals surface area contributed by atoms with E-state index in [1.54, 1.807) is 10.4 Å². The van der Waals surface area contributed by atoms with E-state index in [1.165, 1.54) is 0 Å². The third-order valence-corrected chi connectivity index (χ3v) is 7.96. The summed E-state index contributed by atoms with van der Waals surface area (Å²) in [5, 5.41) is 0.727. The summed E-state index contributed by atoms with van der Waals surface area (Å²) in [5.74, 6) is 0.671. The van der Waals surface area contributed by atoms with Crippen LogP contribution in [-0.4, -0.2) is 45.5 Å². The Morgan fingerprint density at radius 1 is 1.03 bits per heavy atom. The fourth-order valence-electron chi connectivity index (χ4n) is 3.87. The van der Waals surface area contributed by atoms with Crippen molar-refractivity contribution in [2.45, 2.75) is 45.4 Å². The summed E-state index contributed by atoms with van der Waals surface area (Å²) < 4.78 is 34.3. The molecule has 1 heterocycles. The van der Waals surface area contributed by atoms with Crippen LogP contribution >= 0.6 is 11.6 Å². The number of hydrogen-bond donors (Lipinski definition) is 0. The summed E-state index contributed by atoms with van der Waals surface area (Å²) in [6.45, 7) is 12.5. The lowest BCUT2D eigenvalue weighted by molar-refractivity contribution is 0.327. The van der Waals surface area contributed by atoms with Crippen LogP contribution in [0.25, 0.3) is 0 Å². The number of sulfonamides is 1. The zero-order valence-corrected chi connectivity index (χ0v) is 20.0. The molecule has 3 rings (SSSR count). The summed E-state index contributed by atoms with van der Waals surface area (Å²) in [7, 11) is -3.65. The molecule has 0 spiro atoms. The number of aryl methyl sites for hydroxylation is 2. The number of halogens is 1. The van der Waals surface area contributed by atoms with Gasteiger partial charge in [-0.05, 0) is 67.6 Å². The van der Waals surface area contributed by atoms with Crippen molar-refractivity contribution in [3.8, 4) is 5.75 Å². The van der Waals surface area contributed by atoms with Gasteiger partial charge in [-0.15, -0.1) is 0 Å². The minimum Gasteiger partial charge on any atom is -0.492 e. The molecule has 2 aromatic carbocycles. The number of ether oxygens (including phenoxy) is 1. The van der Waals surface area contributed by atoms with Gasteiger partial charge < -0.3 is 9.64 Å². The van der Waals surface area contributed by atoms with Crippen molar-refractivity contribution < 1.29 is 13.2 Å². The molecule has 0 unspecified atom stereocenters. The average Bonchev–Trinajstić information content (AvgIpc) is 2.70. The first-order chi connectivity index (χ1) is 14.1. The first kappa shape index (κ1) is 22.9. The van der Waals surface area contributed by atoms with Crippen molar-refractivity contribution in [2.24, 2.45) is 0 Å². The van der Waals surface area contributed by atoms with Gasteiger partial charge in [0.1, 0.15) is 10.6 Å². The van der Waals surface area contributed by atoms with E-state index in [0.717, 1.165) is 27.4 Å². The van der Waals surface area contributed by atoms with Crippen LogP contribution in [0.2, 0.25) is 5.02 Å². The monoisotopic (exact) mass is 450 g/mol. The fraction of sp³-hybridized carbons (Fsp3) is 0.478. The van der Waals surface area contributed by atoms with Crippen LogP contribution in [0.5, 0.6) is 5.75 Å². The number of benzene rings is 2. The molecule has 0 atom stereocenters. The highest BCUT2D eigenvalue weighted by Gasteiger charge is 2.32. The molecule has 0 amide bonds. The number of hydrogen-bond acceptors (Lipinski definition) is 4. The summed E-state index contributed by atoms with van der Waals surface area (Å²) in [6, 6.07) is 9.63. The Hall–Kier alpha value is -1.76. The summed E-state index contributed by atoms with van der Waals surface area (Å²) in [5.41, 5.74) is 4.14. The van der Waals surface area contributed by atoms with Crippen LogP contribution in [0.3, 0.4) is 0 Å². The molecular weight excluding hydrogens is 420 g/mol. The van der Waals surface area contributed by atoms with Crippen LogP contribution < -0.4 is 9.64 Å². The van der Waals surface area contributed by atoms with E-state index < -0.39 is 10.0 Å². The van der Waals surface area contributed by atoms with Gasteiger partial charge in [0.25, 0.3) is 0 Å². The van der Waals surface area contributed by atoms with Gasteiger partial charge in [-0.3, -0.25) is 0 Å². The van der Waals surface area contributed by atoms with Gasteiger partial charge in [0.05, 0.1) is 6.61 Å². The first-order valence-electron chi connectivity index (χ1n) is 10.4. The Morgan fingerprint density at radius 2 is 1.70 bits per heavy atom. The number of rotatable bonds is 6. The quantitative estimate of drug-likeness (QED) is 0.622. The summed E-state index contributed by atoms with van der Waals surface area (Å²) in [6.07, 6.45) is 0. The number of anilines is 1. The highest BCUT2D eigenvalue weighted by Crippen LogP contribution is 2.34. The third-order valence-electron chi connectivity index (χ3n) is 5.63. The average molecular weight is 451 g/mol. The first-order valence-corrected chi connectivity index (χ1v) is 12.3. The van der Waals surface area contributed by atoms with E-state index in [1.807, 2.05) is 45.0 Å². The Labute approximate surface area is 185 Å². The summed E-state index contributed by atoms with van der Waals surface area (Å²) >= 11 is 6.27. The second kappa shape index (κ2) is 9.16. The van der Waals surface area contributed by atoms with E-state index in [2.05, 4.69) is 18.7 Å². The van der Waals surface area contributed by atoms with Crippen LogP contribution in [0.15, 0.2) is 35.2 Å². The molecule has 1 aliphatic heterocycles. The van der Waals surface area contributed by atoms with E-state index in [4.69, 9.17) is 16.3 Å². The maximum absolute atomic E-state index is 13.5. The van der Waals surface area contributed by atoms with Crippen LogP contribution in [0, 0.1) is 13.8 Å². The Kier molecular flexibility index (Phi) is 7.00. The van der Waals surface area contributed by atoms with Crippen molar-refractivity contribution in [3.63, 3.8) is 0 Å². The highest BCUT2D eigenvalue weighted by atomic mass is 35.5. The van der Waals surface area contributed by atoms with E-state index >= 15 is 0 Å². The van der Waals surface area contributed by atoms with Crippen molar-refractivity contribution in [1.29, 1.82) is 0 Å². The van der Waals surface area contributed by atoms with Crippen LogP contribution in [0.4, 0.5) is 5.69 Å². The third kappa shape index (κ3) is 4.61. The molecule has 0 aromatic heterocycles. The molecule has 164 valence electrons. The number of nitrogens with zero attached hydrogens (tertiary/aromatic N) is 2. The highest BCUT2D eigenvalue weighted by molar-refractivity contribution is 7.89. The van der Waals surface area contributed by atoms with Crippen LogP contribution in [-0.2, 0) is 10.0 Å². The van der Waals surface area contributed by atoms with Gasteiger partial charge in [0.2, 0.25) is 10.0 Å². The Balaban J connectivity index is 1.86. The van der Waals surface area contributed by atoms with Crippen molar-refractivity contribution >= 4 is 27.3 Å². The molecule has 0 saturated carbocycles. The van der Waals surface area contributed by atoms with Crippen LogP contribution in [0.1, 0.15) is 43.4 Å². The molecular formula is C23H31ClN2O3S. The topological polar surface area (TPSA) is 49.9 Å². The zero-order valence-electron chi connectivity index (χ0n) is 18.4. The number of piperazine rings is 1. The Morgan fingerprint density at radius 3 is 2.27 bits per heavy atom. The van der Waals surface area contributed by atoms with E-state index in [9.17, 15) is 8.42 Å². The minimum atomic E-state index is -3.65. The lowest BCUT2D eigenvalue weighted by atomic mass is 9.98. The smallest absolute Gasteiger partial charge is 0.246 e. The molecule has 1 aliphatic rings. The molecule has 1 fully saturated rings. The predicted molar refractivity (Wildman–Crippen MR) is 124 cm³/mol. The maximum atomic E-state index is 13.5. The van der Waals surface area contributed by atoms with E-state index in [0.29, 0.717) is 38.5 Å². The molecule has 0 bridgehead atoms. The van der Waals surface area contributed by atoms with Crippen molar-refractivity contribution in [1.82, 2.24) is 4.31 Å². The molecule has 7 heteroatoms. The summed E-state index contributed by atoms with van der Waals surface area (Å²) in [4.78, 5) is 2.45. The maximum Gasteiger partial charge on any atom is 0.246 e. The van der Waals surface area contributed by atoms with Gasteiger partial charge in [-0.1, -0.05) is 31.5 Å². The van der Waals surface area contributed by atoms with Gasteiger partial charge in [-0.25, -0.2) is 8.42 Å². The second-order valence-corrected chi connectivity index (χ2v) is 10.4. The molecule has 0 N–H and O–H groups in total. The Bertz CT molecular complexity index is 1010. The standard InChI is InChI=1S/C23H31ClN2O3S/c1-6-29-22-13-18(5)20(16(2)3)15-23(22)30(27,28)26-11-9-25(10-12-26)19-8-7-17(4)21(24)14-19/h7-8,13-16H,6,9-12H2,1-5H3. The van der Waals surface area contributed by atoms with Crippen molar-refractivity contribution in [2.75, 3.05) is 37.7 Å². The normalized spacial score (nSPS) is 15.6.